The van der Waals surface area contributed by atoms with E-state index in [2.05, 4.69) is 0 Å². The van der Waals surface area contributed by atoms with Crippen molar-refractivity contribution in [1.82, 2.24) is 0 Å². The first-order valence-electron chi connectivity index (χ1n) is 4.21. The molecule has 0 fully saturated rings. The Morgan fingerprint density at radius 1 is 1.60 bits per heavy atom. The molecule has 5 heteroatoms. The Bertz CT molecular complexity index is 460. The molecule has 0 aromatic heterocycles. The van der Waals surface area contributed by atoms with E-state index in [1.807, 2.05) is 6.07 Å². The van der Waals surface area contributed by atoms with E-state index in [1.165, 1.54) is 19.1 Å². The van der Waals surface area contributed by atoms with Crippen molar-refractivity contribution in [3.63, 3.8) is 0 Å². The summed E-state index contributed by atoms with van der Waals surface area (Å²) in [5.74, 6) is -0.356. The number of hydrogen-bond acceptors (Lipinski definition) is 4. The molecule has 1 rings (SSSR count). The number of carbonyl (C=O) groups is 1. The van der Waals surface area contributed by atoms with Gasteiger partial charge in [-0.1, -0.05) is 6.07 Å². The van der Waals surface area contributed by atoms with Crippen LogP contribution in [0.3, 0.4) is 0 Å². The molecule has 5 nitrogen and oxygen atoms in total. The van der Waals surface area contributed by atoms with Crippen molar-refractivity contribution in [2.75, 3.05) is 0 Å². The average molecular weight is 204 g/mol. The van der Waals surface area contributed by atoms with Crippen LogP contribution in [0, 0.1) is 21.4 Å². The van der Waals surface area contributed by atoms with Crippen LogP contribution in [0.1, 0.15) is 22.8 Å². The first-order valence-corrected chi connectivity index (χ1v) is 4.21. The molecule has 0 aliphatic carbocycles. The van der Waals surface area contributed by atoms with Crippen LogP contribution in [0.15, 0.2) is 18.2 Å². The standard InChI is InChI=1S/C10H8N2O3/c1-7(13)9-3-2-8(4-5-11)6-10(9)12(14)15/h2-3,6H,4H2,1H3. The first kappa shape index (κ1) is 10.9. The lowest BCUT2D eigenvalue weighted by atomic mass is 10.0. The second-order valence-electron chi connectivity index (χ2n) is 3.00. The molecule has 1 aromatic carbocycles. The third kappa shape index (κ3) is 2.38. The molecule has 1 aromatic rings. The zero-order valence-corrected chi connectivity index (χ0v) is 8.06. The zero-order chi connectivity index (χ0) is 11.4. The van der Waals surface area contributed by atoms with Gasteiger partial charge in [0.05, 0.1) is 23.0 Å². The van der Waals surface area contributed by atoms with Crippen molar-refractivity contribution >= 4 is 11.5 Å². The lowest BCUT2D eigenvalue weighted by Crippen LogP contribution is -2.01. The number of nitrogens with zero attached hydrogens (tertiary/aromatic N) is 2. The van der Waals surface area contributed by atoms with E-state index in [4.69, 9.17) is 5.26 Å². The number of nitriles is 1. The second kappa shape index (κ2) is 4.33. The number of ketones is 1. The van der Waals surface area contributed by atoms with Gasteiger partial charge in [0.25, 0.3) is 5.69 Å². The summed E-state index contributed by atoms with van der Waals surface area (Å²) < 4.78 is 0. The van der Waals surface area contributed by atoms with Crippen LogP contribution >= 0.6 is 0 Å². The molecule has 76 valence electrons. The maximum absolute atomic E-state index is 11.1. The topological polar surface area (TPSA) is 84.0 Å². The van der Waals surface area contributed by atoms with E-state index in [0.717, 1.165) is 0 Å². The number of nitro groups is 1. The fourth-order valence-corrected chi connectivity index (χ4v) is 1.23. The highest BCUT2D eigenvalue weighted by Crippen LogP contribution is 2.20. The Balaban J connectivity index is 3.28. The quantitative estimate of drug-likeness (QED) is 0.427. The first-order chi connectivity index (χ1) is 7.06. The highest BCUT2D eigenvalue weighted by molar-refractivity contribution is 5.98. The highest BCUT2D eigenvalue weighted by atomic mass is 16.6. The summed E-state index contributed by atoms with van der Waals surface area (Å²) in [5.41, 5.74) is 0.367. The van der Waals surface area contributed by atoms with Crippen molar-refractivity contribution < 1.29 is 9.72 Å². The van der Waals surface area contributed by atoms with Crippen molar-refractivity contribution in [3.8, 4) is 6.07 Å². The molecule has 0 aliphatic heterocycles. The molecule has 0 spiro atoms. The largest absolute Gasteiger partial charge is 0.294 e. The van der Waals surface area contributed by atoms with Gasteiger partial charge in [0.15, 0.2) is 5.78 Å². The van der Waals surface area contributed by atoms with Gasteiger partial charge in [-0.05, 0) is 18.6 Å². The van der Waals surface area contributed by atoms with Gasteiger partial charge in [-0.2, -0.15) is 5.26 Å². The van der Waals surface area contributed by atoms with E-state index in [9.17, 15) is 14.9 Å². The summed E-state index contributed by atoms with van der Waals surface area (Å²) in [6.07, 6.45) is 0.0963. The summed E-state index contributed by atoms with van der Waals surface area (Å²) in [6.45, 7) is 1.27. The van der Waals surface area contributed by atoms with Crippen LogP contribution in [-0.4, -0.2) is 10.7 Å². The molecule has 0 heterocycles. The molecular weight excluding hydrogens is 196 g/mol. The summed E-state index contributed by atoms with van der Waals surface area (Å²) in [7, 11) is 0. The predicted octanol–water partition coefficient (Wildman–Crippen LogP) is 1.86. The maximum Gasteiger partial charge on any atom is 0.280 e. The molecular formula is C10H8N2O3. The minimum Gasteiger partial charge on any atom is -0.294 e. The summed E-state index contributed by atoms with van der Waals surface area (Å²) >= 11 is 0. The van der Waals surface area contributed by atoms with Crippen molar-refractivity contribution in [2.45, 2.75) is 13.3 Å². The molecule has 0 N–H and O–H groups in total. The smallest absolute Gasteiger partial charge is 0.280 e. The van der Waals surface area contributed by atoms with Crippen molar-refractivity contribution in [2.24, 2.45) is 0 Å². The Kier molecular flexibility index (Phi) is 3.13. The van der Waals surface area contributed by atoms with Crippen LogP contribution in [0.25, 0.3) is 0 Å². The average Bonchev–Trinajstić information content (AvgIpc) is 2.17. The number of benzene rings is 1. The minimum absolute atomic E-state index is 0.0710. The van der Waals surface area contributed by atoms with Gasteiger partial charge in [0.1, 0.15) is 0 Å². The number of nitro benzene ring substituents is 1. The van der Waals surface area contributed by atoms with Gasteiger partial charge in [-0.25, -0.2) is 0 Å². The molecule has 0 radical (unpaired) electrons. The van der Waals surface area contributed by atoms with E-state index in [1.54, 1.807) is 6.07 Å². The lowest BCUT2D eigenvalue weighted by Gasteiger charge is -2.00. The van der Waals surface area contributed by atoms with Crippen LogP contribution in [-0.2, 0) is 6.42 Å². The number of rotatable bonds is 3. The molecule has 0 aliphatic rings. The monoisotopic (exact) mass is 204 g/mol. The van der Waals surface area contributed by atoms with Crippen molar-refractivity contribution in [3.05, 3.63) is 39.4 Å². The highest BCUT2D eigenvalue weighted by Gasteiger charge is 2.17. The van der Waals surface area contributed by atoms with Crippen LogP contribution in [0.2, 0.25) is 0 Å². The molecule has 15 heavy (non-hydrogen) atoms. The molecule has 0 bridgehead atoms. The summed E-state index contributed by atoms with van der Waals surface area (Å²) in [5, 5.41) is 19.1. The second-order valence-corrected chi connectivity index (χ2v) is 3.00. The van der Waals surface area contributed by atoms with Crippen LogP contribution in [0.4, 0.5) is 5.69 Å². The molecule has 0 amide bonds. The van der Waals surface area contributed by atoms with Crippen molar-refractivity contribution in [1.29, 1.82) is 5.26 Å². The SMILES string of the molecule is CC(=O)c1ccc(CC#N)cc1[N+](=O)[O-]. The Labute approximate surface area is 86.1 Å². The number of hydrogen-bond donors (Lipinski definition) is 0. The molecule has 0 atom stereocenters. The van der Waals surface area contributed by atoms with Gasteiger partial charge in [0.2, 0.25) is 0 Å². The molecule has 0 saturated carbocycles. The minimum atomic E-state index is -0.613. The predicted molar refractivity (Wildman–Crippen MR) is 52.4 cm³/mol. The third-order valence-corrected chi connectivity index (χ3v) is 1.92. The fourth-order valence-electron chi connectivity index (χ4n) is 1.23. The fraction of sp³-hybridized carbons (Fsp3) is 0.200. The maximum atomic E-state index is 11.1. The molecule has 0 saturated heterocycles. The van der Waals surface area contributed by atoms with Crippen LogP contribution < -0.4 is 0 Å². The lowest BCUT2D eigenvalue weighted by molar-refractivity contribution is -0.385. The van der Waals surface area contributed by atoms with E-state index < -0.39 is 4.92 Å². The van der Waals surface area contributed by atoms with E-state index in [0.29, 0.717) is 5.56 Å². The normalized spacial score (nSPS) is 9.33. The molecule has 0 unspecified atom stereocenters. The van der Waals surface area contributed by atoms with Gasteiger partial charge < -0.3 is 0 Å². The van der Waals surface area contributed by atoms with Gasteiger partial charge in [0, 0.05) is 6.07 Å². The summed E-state index contributed by atoms with van der Waals surface area (Å²) in [4.78, 5) is 21.1. The third-order valence-electron chi connectivity index (χ3n) is 1.92. The Morgan fingerprint density at radius 3 is 2.73 bits per heavy atom. The van der Waals surface area contributed by atoms with E-state index in [-0.39, 0.29) is 23.5 Å². The summed E-state index contributed by atoms with van der Waals surface area (Å²) in [6, 6.07) is 6.09. The van der Waals surface area contributed by atoms with Gasteiger partial charge >= 0.3 is 0 Å². The zero-order valence-electron chi connectivity index (χ0n) is 8.06. The van der Waals surface area contributed by atoms with Crippen LogP contribution in [0.5, 0.6) is 0 Å². The van der Waals surface area contributed by atoms with Gasteiger partial charge in [-0.15, -0.1) is 0 Å². The van der Waals surface area contributed by atoms with Gasteiger partial charge in [-0.3, -0.25) is 14.9 Å². The Hall–Kier alpha value is -2.22. The number of Topliss-reactive ketones (excluding diaryl/α,β-unsaturated/α-hetero) is 1. The Morgan fingerprint density at radius 2 is 2.27 bits per heavy atom. The number of carbonyl (C=O) groups excluding carboxylic acids is 1. The van der Waals surface area contributed by atoms with E-state index >= 15 is 0 Å².